The zero-order valence-electron chi connectivity index (χ0n) is 18.0. The van der Waals surface area contributed by atoms with Gasteiger partial charge in [0.1, 0.15) is 0 Å². The number of phenolic OH excluding ortho intramolecular Hbond substituents is 2. The van der Waals surface area contributed by atoms with Gasteiger partial charge in [0.05, 0.1) is 34.0 Å². The number of fused-ring (bicyclic) bond motifs is 1. The van der Waals surface area contributed by atoms with E-state index in [1.54, 1.807) is 48.5 Å². The van der Waals surface area contributed by atoms with E-state index in [1.807, 2.05) is 0 Å². The lowest BCUT2D eigenvalue weighted by Gasteiger charge is -2.31. The Kier molecular flexibility index (Phi) is 5.22. The molecular formula is C24H22O8. The summed E-state index contributed by atoms with van der Waals surface area (Å²) in [7, 11) is 5.64. The number of hydrogen-bond donors (Lipinski definition) is 2. The maximum atomic E-state index is 12.9. The van der Waals surface area contributed by atoms with Gasteiger partial charge in [0, 0.05) is 16.7 Å². The summed E-state index contributed by atoms with van der Waals surface area (Å²) in [6.45, 7) is 0. The van der Waals surface area contributed by atoms with Crippen molar-refractivity contribution in [2.75, 3.05) is 28.4 Å². The minimum atomic E-state index is -1.46. The highest BCUT2D eigenvalue weighted by Gasteiger charge is 2.50. The van der Waals surface area contributed by atoms with Gasteiger partial charge in [-0.3, -0.25) is 0 Å². The molecule has 0 spiro atoms. The number of aromatic hydroxyl groups is 2. The van der Waals surface area contributed by atoms with Crippen molar-refractivity contribution in [3.63, 3.8) is 0 Å². The molecule has 0 aromatic heterocycles. The summed E-state index contributed by atoms with van der Waals surface area (Å²) in [5, 5.41) is 20.9. The third-order valence-electron chi connectivity index (χ3n) is 5.54. The second-order valence-corrected chi connectivity index (χ2v) is 7.08. The Morgan fingerprint density at radius 3 is 1.53 bits per heavy atom. The lowest BCUT2D eigenvalue weighted by molar-refractivity contribution is 0.0248. The summed E-state index contributed by atoms with van der Waals surface area (Å²) in [4.78, 5) is 12.9. The molecule has 8 nitrogen and oxygen atoms in total. The molecule has 0 fully saturated rings. The quantitative estimate of drug-likeness (QED) is 0.563. The van der Waals surface area contributed by atoms with Crippen molar-refractivity contribution in [3.8, 4) is 34.5 Å². The van der Waals surface area contributed by atoms with Crippen LogP contribution in [0.3, 0.4) is 0 Å². The number of rotatable bonds is 6. The Balaban J connectivity index is 2.12. The first-order valence-electron chi connectivity index (χ1n) is 9.65. The number of cyclic esters (lactones) is 1. The molecule has 8 heteroatoms. The van der Waals surface area contributed by atoms with E-state index in [4.69, 9.17) is 23.7 Å². The highest BCUT2D eigenvalue weighted by atomic mass is 16.6. The molecule has 3 aromatic rings. The fourth-order valence-electron chi connectivity index (χ4n) is 4.01. The maximum absolute atomic E-state index is 12.9. The van der Waals surface area contributed by atoms with E-state index in [0.717, 1.165) is 0 Å². The predicted octanol–water partition coefficient (Wildman–Crippen LogP) is 3.59. The van der Waals surface area contributed by atoms with E-state index >= 15 is 0 Å². The summed E-state index contributed by atoms with van der Waals surface area (Å²) in [6.07, 6.45) is 0. The van der Waals surface area contributed by atoms with Crippen LogP contribution in [0.5, 0.6) is 34.5 Å². The standard InChI is InChI=1S/C24H22O8/c1-28-17-9-13(10-18(29-2)21(17)25)24(16-8-6-5-7-15(16)23(27)32-24)14-11-19(30-3)22(26)20(12-14)31-4/h5-12,25-26H,1-4H3. The van der Waals surface area contributed by atoms with Crippen LogP contribution in [0.25, 0.3) is 0 Å². The van der Waals surface area contributed by atoms with Crippen molar-refractivity contribution in [2.45, 2.75) is 5.60 Å². The Hall–Kier alpha value is -4.07. The third-order valence-corrected chi connectivity index (χ3v) is 5.54. The van der Waals surface area contributed by atoms with Crippen molar-refractivity contribution in [1.82, 2.24) is 0 Å². The first-order valence-corrected chi connectivity index (χ1v) is 9.65. The van der Waals surface area contributed by atoms with Crippen LogP contribution in [-0.4, -0.2) is 44.6 Å². The van der Waals surface area contributed by atoms with E-state index in [0.29, 0.717) is 22.3 Å². The number of methoxy groups -OCH3 is 4. The summed E-state index contributed by atoms with van der Waals surface area (Å²) in [6, 6.07) is 13.3. The molecule has 0 unspecified atom stereocenters. The molecule has 0 amide bonds. The predicted molar refractivity (Wildman–Crippen MR) is 114 cm³/mol. The SMILES string of the molecule is COc1cc(C2(c3cc(OC)c(O)c(OC)c3)OC(=O)c3ccccc32)cc(OC)c1O. The van der Waals surface area contributed by atoms with Crippen LogP contribution in [0.4, 0.5) is 0 Å². The zero-order chi connectivity index (χ0) is 23.0. The zero-order valence-corrected chi connectivity index (χ0v) is 18.0. The molecule has 0 bridgehead atoms. The van der Waals surface area contributed by atoms with E-state index in [2.05, 4.69) is 0 Å². The first kappa shape index (κ1) is 21.2. The van der Waals surface area contributed by atoms with Crippen LogP contribution >= 0.6 is 0 Å². The van der Waals surface area contributed by atoms with E-state index < -0.39 is 11.6 Å². The van der Waals surface area contributed by atoms with Crippen LogP contribution < -0.4 is 18.9 Å². The molecule has 1 aliphatic heterocycles. The number of esters is 1. The topological polar surface area (TPSA) is 104 Å². The van der Waals surface area contributed by atoms with Crippen LogP contribution in [0.15, 0.2) is 48.5 Å². The van der Waals surface area contributed by atoms with Crippen LogP contribution in [0.1, 0.15) is 27.0 Å². The minimum absolute atomic E-state index is 0.136. The van der Waals surface area contributed by atoms with Crippen LogP contribution in [0.2, 0.25) is 0 Å². The van der Waals surface area contributed by atoms with Gasteiger partial charge in [0.15, 0.2) is 28.6 Å². The number of ether oxygens (including phenoxy) is 5. The summed E-state index contributed by atoms with van der Waals surface area (Å²) >= 11 is 0. The monoisotopic (exact) mass is 438 g/mol. The molecule has 3 aromatic carbocycles. The summed E-state index contributed by atoms with van der Waals surface area (Å²) in [5.74, 6) is -0.361. The number of benzene rings is 3. The van der Waals surface area contributed by atoms with Crippen molar-refractivity contribution in [1.29, 1.82) is 0 Å². The molecule has 0 radical (unpaired) electrons. The normalized spacial score (nSPS) is 13.8. The van der Waals surface area contributed by atoms with Gasteiger partial charge in [-0.25, -0.2) is 4.79 Å². The molecule has 32 heavy (non-hydrogen) atoms. The maximum Gasteiger partial charge on any atom is 0.340 e. The molecule has 0 aliphatic carbocycles. The molecule has 0 saturated heterocycles. The first-order chi connectivity index (χ1) is 15.4. The lowest BCUT2D eigenvalue weighted by Crippen LogP contribution is -2.29. The summed E-state index contributed by atoms with van der Waals surface area (Å²) < 4.78 is 27.4. The van der Waals surface area contributed by atoms with E-state index in [-0.39, 0.29) is 34.5 Å². The van der Waals surface area contributed by atoms with Crippen molar-refractivity contribution in [3.05, 3.63) is 70.8 Å². The van der Waals surface area contributed by atoms with Gasteiger partial charge in [-0.15, -0.1) is 0 Å². The molecule has 166 valence electrons. The van der Waals surface area contributed by atoms with E-state index in [9.17, 15) is 15.0 Å². The van der Waals surface area contributed by atoms with Gasteiger partial charge >= 0.3 is 5.97 Å². The molecule has 2 N–H and O–H groups in total. The Bertz CT molecular complexity index is 1090. The highest BCUT2D eigenvalue weighted by Crippen LogP contribution is 2.53. The third kappa shape index (κ3) is 2.95. The van der Waals surface area contributed by atoms with Gasteiger partial charge in [-0.1, -0.05) is 18.2 Å². The van der Waals surface area contributed by atoms with Gasteiger partial charge in [-0.2, -0.15) is 0 Å². The molecular weight excluding hydrogens is 416 g/mol. The number of carbonyl (C=O) groups is 1. The average Bonchev–Trinajstić information content (AvgIpc) is 3.13. The Labute approximate surface area is 184 Å². The Morgan fingerprint density at radius 2 is 1.12 bits per heavy atom. The van der Waals surface area contributed by atoms with E-state index in [1.165, 1.54) is 28.4 Å². The fraction of sp³-hybridized carbons (Fsp3) is 0.208. The minimum Gasteiger partial charge on any atom is -0.502 e. The van der Waals surface area contributed by atoms with Gasteiger partial charge in [0.2, 0.25) is 11.5 Å². The van der Waals surface area contributed by atoms with Crippen LogP contribution in [0, 0.1) is 0 Å². The fourth-order valence-corrected chi connectivity index (χ4v) is 4.01. The molecule has 0 saturated carbocycles. The number of hydrogen-bond acceptors (Lipinski definition) is 8. The Morgan fingerprint density at radius 1 is 0.719 bits per heavy atom. The van der Waals surface area contributed by atoms with Crippen LogP contribution in [-0.2, 0) is 10.3 Å². The number of carbonyl (C=O) groups excluding carboxylic acids is 1. The van der Waals surface area contributed by atoms with Gasteiger partial charge in [-0.05, 0) is 30.3 Å². The van der Waals surface area contributed by atoms with Gasteiger partial charge in [0.25, 0.3) is 0 Å². The smallest absolute Gasteiger partial charge is 0.340 e. The molecule has 1 aliphatic rings. The second kappa shape index (κ2) is 7.88. The second-order valence-electron chi connectivity index (χ2n) is 7.08. The molecule has 0 atom stereocenters. The summed E-state index contributed by atoms with van der Waals surface area (Å²) in [5.41, 5.74) is 0.393. The van der Waals surface area contributed by atoms with Crippen molar-refractivity contribution in [2.24, 2.45) is 0 Å². The van der Waals surface area contributed by atoms with Crippen molar-refractivity contribution >= 4 is 5.97 Å². The number of phenols is 2. The van der Waals surface area contributed by atoms with Crippen molar-refractivity contribution < 1.29 is 38.7 Å². The van der Waals surface area contributed by atoms with Gasteiger partial charge < -0.3 is 33.9 Å². The molecule has 1 heterocycles. The molecule has 4 rings (SSSR count). The largest absolute Gasteiger partial charge is 0.502 e. The highest BCUT2D eigenvalue weighted by molar-refractivity contribution is 5.96. The lowest BCUT2D eigenvalue weighted by atomic mass is 9.79. The average molecular weight is 438 g/mol.